The first-order chi connectivity index (χ1) is 8.84. The minimum Gasteiger partial charge on any atom is -0.314 e. The lowest BCUT2D eigenvalue weighted by atomic mass is 10.1. The van der Waals surface area contributed by atoms with Gasteiger partial charge < -0.3 is 15.5 Å². The average molecular weight is 253 g/mol. The van der Waals surface area contributed by atoms with Gasteiger partial charge in [-0.15, -0.1) is 0 Å². The SMILES string of the molecule is CC(CC1CCCN1)NCCN1CCCCCC1. The second-order valence-electron chi connectivity index (χ2n) is 6.14. The van der Waals surface area contributed by atoms with Crippen molar-refractivity contribution in [3.8, 4) is 0 Å². The topological polar surface area (TPSA) is 27.3 Å². The molecule has 18 heavy (non-hydrogen) atoms. The third-order valence-corrected chi connectivity index (χ3v) is 4.42. The van der Waals surface area contributed by atoms with Crippen molar-refractivity contribution in [2.45, 2.75) is 64.0 Å². The highest BCUT2D eigenvalue weighted by Gasteiger charge is 2.16. The first-order valence-electron chi connectivity index (χ1n) is 8.04. The van der Waals surface area contributed by atoms with Crippen LogP contribution in [-0.4, -0.2) is 49.7 Å². The summed E-state index contributed by atoms with van der Waals surface area (Å²) in [5, 5.41) is 7.28. The van der Waals surface area contributed by atoms with Crippen molar-refractivity contribution in [3.05, 3.63) is 0 Å². The van der Waals surface area contributed by atoms with Crippen LogP contribution in [-0.2, 0) is 0 Å². The van der Waals surface area contributed by atoms with Crippen molar-refractivity contribution in [3.63, 3.8) is 0 Å². The summed E-state index contributed by atoms with van der Waals surface area (Å²) in [6.07, 6.45) is 9.72. The molecule has 0 aromatic carbocycles. The maximum absolute atomic E-state index is 3.70. The zero-order chi connectivity index (χ0) is 12.6. The molecular weight excluding hydrogens is 222 g/mol. The van der Waals surface area contributed by atoms with E-state index in [0.717, 1.165) is 12.6 Å². The summed E-state index contributed by atoms with van der Waals surface area (Å²) >= 11 is 0. The van der Waals surface area contributed by atoms with Crippen LogP contribution in [0.25, 0.3) is 0 Å². The number of rotatable bonds is 6. The maximum atomic E-state index is 3.70. The number of nitrogens with zero attached hydrogens (tertiary/aromatic N) is 1. The monoisotopic (exact) mass is 253 g/mol. The van der Waals surface area contributed by atoms with Gasteiger partial charge in [-0.2, -0.15) is 0 Å². The van der Waals surface area contributed by atoms with Gasteiger partial charge in [-0.25, -0.2) is 0 Å². The lowest BCUT2D eigenvalue weighted by molar-refractivity contribution is 0.277. The summed E-state index contributed by atoms with van der Waals surface area (Å²) in [6.45, 7) is 8.60. The van der Waals surface area contributed by atoms with E-state index in [0.29, 0.717) is 6.04 Å². The Hall–Kier alpha value is -0.120. The van der Waals surface area contributed by atoms with Crippen molar-refractivity contribution in [1.29, 1.82) is 0 Å². The van der Waals surface area contributed by atoms with Gasteiger partial charge in [-0.1, -0.05) is 12.8 Å². The molecule has 2 unspecified atom stereocenters. The first-order valence-corrected chi connectivity index (χ1v) is 8.04. The molecule has 2 aliphatic rings. The van der Waals surface area contributed by atoms with E-state index in [1.165, 1.54) is 71.1 Å². The maximum Gasteiger partial charge on any atom is 0.0107 e. The third kappa shape index (κ3) is 5.25. The van der Waals surface area contributed by atoms with Crippen LogP contribution >= 0.6 is 0 Å². The van der Waals surface area contributed by atoms with Crippen LogP contribution in [0.15, 0.2) is 0 Å². The van der Waals surface area contributed by atoms with Crippen LogP contribution in [0.4, 0.5) is 0 Å². The van der Waals surface area contributed by atoms with Gasteiger partial charge >= 0.3 is 0 Å². The molecule has 0 amide bonds. The van der Waals surface area contributed by atoms with Crippen molar-refractivity contribution in [2.24, 2.45) is 0 Å². The van der Waals surface area contributed by atoms with Crippen LogP contribution in [0.3, 0.4) is 0 Å². The Labute approximate surface area is 113 Å². The van der Waals surface area contributed by atoms with Gasteiger partial charge in [-0.3, -0.25) is 0 Å². The van der Waals surface area contributed by atoms with Gasteiger partial charge in [0.25, 0.3) is 0 Å². The zero-order valence-electron chi connectivity index (χ0n) is 12.1. The highest BCUT2D eigenvalue weighted by Crippen LogP contribution is 2.11. The van der Waals surface area contributed by atoms with E-state index in [9.17, 15) is 0 Å². The molecule has 0 radical (unpaired) electrons. The molecule has 3 heteroatoms. The van der Waals surface area contributed by atoms with Crippen molar-refractivity contribution in [1.82, 2.24) is 15.5 Å². The summed E-state index contributed by atoms with van der Waals surface area (Å²) in [6, 6.07) is 1.43. The summed E-state index contributed by atoms with van der Waals surface area (Å²) in [5.74, 6) is 0. The summed E-state index contributed by atoms with van der Waals surface area (Å²) in [4.78, 5) is 2.64. The highest BCUT2D eigenvalue weighted by atomic mass is 15.1. The van der Waals surface area contributed by atoms with E-state index in [2.05, 4.69) is 22.5 Å². The molecule has 2 atom stereocenters. The summed E-state index contributed by atoms with van der Waals surface area (Å²) in [7, 11) is 0. The van der Waals surface area contributed by atoms with Gasteiger partial charge in [0.2, 0.25) is 0 Å². The molecule has 0 aromatic heterocycles. The lowest BCUT2D eigenvalue weighted by Crippen LogP contribution is -2.39. The predicted molar refractivity (Wildman–Crippen MR) is 78.0 cm³/mol. The minimum absolute atomic E-state index is 0.660. The van der Waals surface area contributed by atoms with E-state index in [1.54, 1.807) is 0 Å². The molecule has 3 nitrogen and oxygen atoms in total. The Kier molecular flexibility index (Phi) is 6.46. The van der Waals surface area contributed by atoms with Gasteiger partial charge in [0.05, 0.1) is 0 Å². The predicted octanol–water partition coefficient (Wildman–Crippen LogP) is 1.98. The Morgan fingerprint density at radius 3 is 2.61 bits per heavy atom. The van der Waals surface area contributed by atoms with E-state index < -0.39 is 0 Å². The van der Waals surface area contributed by atoms with Gasteiger partial charge in [0, 0.05) is 25.2 Å². The minimum atomic E-state index is 0.660. The Bertz CT molecular complexity index is 206. The molecule has 2 aliphatic heterocycles. The molecule has 2 heterocycles. The fraction of sp³-hybridized carbons (Fsp3) is 1.00. The van der Waals surface area contributed by atoms with Crippen molar-refractivity contribution < 1.29 is 0 Å². The molecule has 106 valence electrons. The van der Waals surface area contributed by atoms with Crippen molar-refractivity contribution in [2.75, 3.05) is 32.7 Å². The number of hydrogen-bond donors (Lipinski definition) is 2. The van der Waals surface area contributed by atoms with Crippen LogP contribution in [0, 0.1) is 0 Å². The molecule has 2 fully saturated rings. The van der Waals surface area contributed by atoms with E-state index in [-0.39, 0.29) is 0 Å². The first kappa shape index (κ1) is 14.3. The molecule has 2 rings (SSSR count). The molecule has 2 N–H and O–H groups in total. The van der Waals surface area contributed by atoms with Crippen LogP contribution in [0.1, 0.15) is 51.9 Å². The average Bonchev–Trinajstić information content (AvgIpc) is 2.72. The lowest BCUT2D eigenvalue weighted by Gasteiger charge is -2.23. The van der Waals surface area contributed by atoms with Gasteiger partial charge in [0.1, 0.15) is 0 Å². The summed E-state index contributed by atoms with van der Waals surface area (Å²) < 4.78 is 0. The van der Waals surface area contributed by atoms with E-state index >= 15 is 0 Å². The molecule has 0 aliphatic carbocycles. The Morgan fingerprint density at radius 2 is 1.94 bits per heavy atom. The molecule has 0 bridgehead atoms. The van der Waals surface area contributed by atoms with Gasteiger partial charge in [0.15, 0.2) is 0 Å². The highest BCUT2D eigenvalue weighted by molar-refractivity contribution is 4.78. The Balaban J connectivity index is 1.53. The number of nitrogens with one attached hydrogen (secondary N) is 2. The Morgan fingerprint density at radius 1 is 1.17 bits per heavy atom. The normalized spacial score (nSPS) is 28.2. The quantitative estimate of drug-likeness (QED) is 0.758. The second-order valence-corrected chi connectivity index (χ2v) is 6.14. The van der Waals surface area contributed by atoms with E-state index in [4.69, 9.17) is 0 Å². The fourth-order valence-corrected chi connectivity index (χ4v) is 3.30. The fourth-order valence-electron chi connectivity index (χ4n) is 3.30. The van der Waals surface area contributed by atoms with Crippen molar-refractivity contribution >= 4 is 0 Å². The molecule has 0 aromatic rings. The second kappa shape index (κ2) is 8.13. The van der Waals surface area contributed by atoms with Crippen LogP contribution in [0.2, 0.25) is 0 Å². The largest absolute Gasteiger partial charge is 0.314 e. The molecular formula is C15H31N3. The van der Waals surface area contributed by atoms with Crippen LogP contribution in [0.5, 0.6) is 0 Å². The van der Waals surface area contributed by atoms with Crippen LogP contribution < -0.4 is 10.6 Å². The van der Waals surface area contributed by atoms with Gasteiger partial charge in [-0.05, 0) is 58.7 Å². The zero-order valence-corrected chi connectivity index (χ0v) is 12.1. The molecule has 2 saturated heterocycles. The van der Waals surface area contributed by atoms with E-state index in [1.807, 2.05) is 0 Å². The molecule has 0 spiro atoms. The summed E-state index contributed by atoms with van der Waals surface area (Å²) in [5.41, 5.74) is 0. The standard InChI is InChI=1S/C15H31N3/c1-14(13-15-7-6-8-17-15)16-9-12-18-10-4-2-3-5-11-18/h14-17H,2-13H2,1H3. The third-order valence-electron chi connectivity index (χ3n) is 4.42. The number of hydrogen-bond acceptors (Lipinski definition) is 3. The number of likely N-dealkylation sites (tertiary alicyclic amines) is 1. The molecule has 0 saturated carbocycles. The smallest absolute Gasteiger partial charge is 0.0107 e.